The predicted molar refractivity (Wildman–Crippen MR) is 232 cm³/mol. The lowest BCUT2D eigenvalue weighted by Crippen LogP contribution is -2.55. The third kappa shape index (κ3) is 9.18. The van der Waals surface area contributed by atoms with Crippen LogP contribution in [0.25, 0.3) is 20.7 Å². The smallest absolute Gasteiger partial charge is 0.154 e. The van der Waals surface area contributed by atoms with Gasteiger partial charge in [-0.3, -0.25) is 0 Å². The van der Waals surface area contributed by atoms with Crippen molar-refractivity contribution in [1.29, 1.82) is 0 Å². The van der Waals surface area contributed by atoms with Gasteiger partial charge in [0.15, 0.2) is 11.3 Å². The van der Waals surface area contributed by atoms with E-state index in [0.717, 1.165) is 6.54 Å². The molecule has 3 aromatic rings. The van der Waals surface area contributed by atoms with E-state index in [2.05, 4.69) is 124 Å². The molecule has 0 aliphatic rings. The van der Waals surface area contributed by atoms with E-state index >= 15 is 0 Å². The number of fused-ring (bicyclic) bond motifs is 3. The van der Waals surface area contributed by atoms with Crippen molar-refractivity contribution in [2.45, 2.75) is 227 Å². The van der Waals surface area contributed by atoms with Crippen LogP contribution in [-0.2, 0) is 6.54 Å². The van der Waals surface area contributed by atoms with Crippen molar-refractivity contribution >= 4 is 68.8 Å². The van der Waals surface area contributed by atoms with Crippen LogP contribution in [0.1, 0.15) is 187 Å². The zero-order valence-electron chi connectivity index (χ0n) is 34.8. The Balaban J connectivity index is 2.19. The first-order valence-corrected chi connectivity index (χ1v) is 27.1. The Kier molecular flexibility index (Phi) is 17.1. The van der Waals surface area contributed by atoms with E-state index in [4.69, 9.17) is 9.97 Å². The summed E-state index contributed by atoms with van der Waals surface area (Å²) in [6.07, 6.45) is 19.3. The van der Waals surface area contributed by atoms with Crippen LogP contribution in [0, 0.1) is 5.92 Å². The normalized spacial score (nSPS) is 13.6. The monoisotopic (exact) mass is 746 g/mol. The second-order valence-electron chi connectivity index (χ2n) is 17.7. The summed E-state index contributed by atoms with van der Waals surface area (Å²) in [7, 11) is -3.74. The van der Waals surface area contributed by atoms with E-state index in [0.29, 0.717) is 39.2 Å². The van der Waals surface area contributed by atoms with Gasteiger partial charge in [-0.1, -0.05) is 174 Å². The molecule has 3 heterocycles. The predicted octanol–water partition coefficient (Wildman–Crippen LogP) is 14.6. The van der Waals surface area contributed by atoms with Crippen LogP contribution in [0.5, 0.6) is 0 Å². The summed E-state index contributed by atoms with van der Waals surface area (Å²) in [5.41, 5.74) is 6.56. The molecule has 0 unspecified atom stereocenters. The summed E-state index contributed by atoms with van der Waals surface area (Å²) in [4.78, 5) is 11.6. The van der Waals surface area contributed by atoms with Crippen LogP contribution in [0.2, 0.25) is 33.2 Å². The van der Waals surface area contributed by atoms with Crippen LogP contribution in [0.3, 0.4) is 0 Å². The first-order valence-electron chi connectivity index (χ1n) is 21.0. The fourth-order valence-corrected chi connectivity index (χ4v) is 30.0. The molecule has 7 heteroatoms. The van der Waals surface area contributed by atoms with Gasteiger partial charge in [0.25, 0.3) is 0 Å². The highest BCUT2D eigenvalue weighted by Crippen LogP contribution is 2.46. The Morgan fingerprint density at radius 3 is 1.08 bits per heavy atom. The molecule has 0 amide bonds. The molecule has 0 saturated carbocycles. The molecule has 3 aromatic heterocycles. The highest BCUT2D eigenvalue weighted by atomic mass is 32.1. The van der Waals surface area contributed by atoms with Gasteiger partial charge in [-0.15, -0.1) is 22.7 Å². The standard InChI is InChI=1S/C42H79N3S2Si2/c1-15-17-19-21-23-25-27-36(28-26-24-22-20-18-16-2)29-45-39-37(46-41(43-39)48(30(3)4,31(5)6)32(7)8)38-40(45)44-42(47-38)49(33(9)10,34(11)12)35(13)14/h30-36H,15-29H2,1-14H3. The fourth-order valence-electron chi connectivity index (χ4n) is 10.4. The lowest BCUT2D eigenvalue weighted by atomic mass is 9.94. The zero-order valence-corrected chi connectivity index (χ0v) is 38.4. The Morgan fingerprint density at radius 2 is 0.776 bits per heavy atom. The highest BCUT2D eigenvalue weighted by molar-refractivity contribution is 7.37. The Bertz CT molecular complexity index is 1240. The van der Waals surface area contributed by atoms with Crippen molar-refractivity contribution in [3.63, 3.8) is 0 Å². The maximum absolute atomic E-state index is 5.79. The average Bonchev–Trinajstić information content (AvgIpc) is 3.69. The fraction of sp³-hybridized carbons (Fsp3) is 0.857. The maximum Gasteiger partial charge on any atom is 0.154 e. The van der Waals surface area contributed by atoms with E-state index in [1.807, 2.05) is 0 Å². The van der Waals surface area contributed by atoms with Crippen molar-refractivity contribution in [3.05, 3.63) is 0 Å². The quantitative estimate of drug-likeness (QED) is 0.0675. The number of unbranched alkanes of at least 4 members (excludes halogenated alkanes) is 10. The van der Waals surface area contributed by atoms with Crippen LogP contribution >= 0.6 is 22.7 Å². The van der Waals surface area contributed by atoms with Crippen LogP contribution in [0.15, 0.2) is 0 Å². The number of hydrogen-bond donors (Lipinski definition) is 0. The van der Waals surface area contributed by atoms with Crippen molar-refractivity contribution in [2.24, 2.45) is 5.92 Å². The van der Waals surface area contributed by atoms with Crippen molar-refractivity contribution in [1.82, 2.24) is 14.5 Å². The van der Waals surface area contributed by atoms with Gasteiger partial charge in [-0.25, -0.2) is 9.97 Å². The topological polar surface area (TPSA) is 30.7 Å². The molecule has 0 N–H and O–H groups in total. The Hall–Kier alpha value is -0.506. The van der Waals surface area contributed by atoms with Crippen LogP contribution in [-0.4, -0.2) is 30.7 Å². The Morgan fingerprint density at radius 1 is 0.469 bits per heavy atom. The van der Waals surface area contributed by atoms with Gasteiger partial charge in [0, 0.05) is 6.54 Å². The van der Waals surface area contributed by atoms with Gasteiger partial charge in [-0.05, 0) is 52.0 Å². The molecule has 282 valence electrons. The van der Waals surface area contributed by atoms with Gasteiger partial charge in [0.1, 0.15) is 16.1 Å². The molecule has 3 rings (SSSR count). The van der Waals surface area contributed by atoms with E-state index in [9.17, 15) is 0 Å². The molecule has 49 heavy (non-hydrogen) atoms. The second kappa shape index (κ2) is 19.5. The van der Waals surface area contributed by atoms with E-state index in [-0.39, 0.29) is 0 Å². The summed E-state index contributed by atoms with van der Waals surface area (Å²) in [5.74, 6) is 0.705. The van der Waals surface area contributed by atoms with Crippen LogP contribution < -0.4 is 9.26 Å². The summed E-state index contributed by atoms with van der Waals surface area (Å²) in [6.45, 7) is 35.7. The minimum atomic E-state index is -1.87. The summed E-state index contributed by atoms with van der Waals surface area (Å²) in [5, 5.41) is 0. The van der Waals surface area contributed by atoms with Gasteiger partial charge in [0.2, 0.25) is 0 Å². The molecule has 0 aromatic carbocycles. The lowest BCUT2D eigenvalue weighted by Gasteiger charge is -2.41. The third-order valence-corrected chi connectivity index (χ3v) is 30.6. The molecule has 0 aliphatic heterocycles. The SMILES string of the molecule is CCCCCCCCC(CCCCCCCC)Cn1c2nc([Si](C(C)C)(C(C)C)C(C)C)sc2c2sc([Si](C(C)C)(C(C)C)C(C)C)nc21. The molecule has 0 radical (unpaired) electrons. The molecule has 0 bridgehead atoms. The minimum Gasteiger partial charge on any atom is -0.308 e. The van der Waals surface area contributed by atoms with Gasteiger partial charge in [0.05, 0.1) is 18.7 Å². The second-order valence-corrected chi connectivity index (χ2v) is 32.1. The molecule has 0 aliphatic carbocycles. The van der Waals surface area contributed by atoms with E-state index < -0.39 is 16.1 Å². The number of rotatable bonds is 24. The average molecular weight is 746 g/mol. The third-order valence-electron chi connectivity index (χ3n) is 12.8. The van der Waals surface area contributed by atoms with Gasteiger partial charge < -0.3 is 4.57 Å². The van der Waals surface area contributed by atoms with Crippen molar-refractivity contribution in [2.75, 3.05) is 0 Å². The number of aromatic nitrogens is 3. The first kappa shape index (κ1) is 42.9. The molecule has 0 spiro atoms. The van der Waals surface area contributed by atoms with Crippen molar-refractivity contribution < 1.29 is 0 Å². The molecule has 3 nitrogen and oxygen atoms in total. The van der Waals surface area contributed by atoms with Gasteiger partial charge >= 0.3 is 0 Å². The zero-order chi connectivity index (χ0) is 36.5. The number of nitrogens with zero attached hydrogens (tertiary/aromatic N) is 3. The van der Waals surface area contributed by atoms with Crippen molar-refractivity contribution in [3.8, 4) is 0 Å². The van der Waals surface area contributed by atoms with Gasteiger partial charge in [-0.2, -0.15) is 0 Å². The van der Waals surface area contributed by atoms with Crippen LogP contribution in [0.4, 0.5) is 0 Å². The van der Waals surface area contributed by atoms with E-state index in [1.54, 1.807) is 0 Å². The largest absolute Gasteiger partial charge is 0.308 e. The molecular weight excluding hydrogens is 667 g/mol. The summed E-state index contributed by atoms with van der Waals surface area (Å²) < 4.78 is 8.62. The molecule has 0 fully saturated rings. The Labute approximate surface area is 314 Å². The summed E-state index contributed by atoms with van der Waals surface area (Å²) >= 11 is 4.18. The first-order chi connectivity index (χ1) is 23.2. The number of hydrogen-bond acceptors (Lipinski definition) is 4. The number of thiazole rings is 2. The lowest BCUT2D eigenvalue weighted by molar-refractivity contribution is 0.363. The highest BCUT2D eigenvalue weighted by Gasteiger charge is 2.49. The molecular formula is C42H79N3S2Si2. The maximum atomic E-state index is 5.79. The van der Waals surface area contributed by atoms with E-state index in [1.165, 1.54) is 120 Å². The summed E-state index contributed by atoms with van der Waals surface area (Å²) in [6, 6.07) is 0. The molecule has 0 atom stereocenters. The minimum absolute atomic E-state index is 0.666. The molecule has 0 saturated heterocycles.